The van der Waals surface area contributed by atoms with Crippen molar-refractivity contribution in [3.05, 3.63) is 65.2 Å². The van der Waals surface area contributed by atoms with Gasteiger partial charge in [0.05, 0.1) is 18.2 Å². The van der Waals surface area contributed by atoms with E-state index in [-0.39, 0.29) is 18.4 Å². The van der Waals surface area contributed by atoms with Crippen LogP contribution in [0.2, 0.25) is 0 Å². The molecule has 2 aromatic carbocycles. The van der Waals surface area contributed by atoms with Crippen molar-refractivity contribution in [1.82, 2.24) is 10.2 Å². The highest BCUT2D eigenvalue weighted by Gasteiger charge is 2.09. The predicted octanol–water partition coefficient (Wildman–Crippen LogP) is 2.03. The van der Waals surface area contributed by atoms with Gasteiger partial charge in [0, 0.05) is 31.9 Å². The number of nitriles is 1. The number of hydrogen-bond donors (Lipinski definition) is 2. The normalized spacial score (nSPS) is 9.88. The number of hydrogen-bond acceptors (Lipinski definition) is 4. The van der Waals surface area contributed by atoms with E-state index in [0.29, 0.717) is 24.1 Å². The van der Waals surface area contributed by atoms with Crippen molar-refractivity contribution in [2.24, 2.45) is 0 Å². The number of anilines is 1. The SMILES string of the molecule is CN(C)C(=O)CNc1cc(C#N)ccc1CCNC(=O)c1ccccc1. The minimum absolute atomic E-state index is 0.0595. The van der Waals surface area contributed by atoms with E-state index in [2.05, 4.69) is 16.7 Å². The van der Waals surface area contributed by atoms with Gasteiger partial charge in [0.1, 0.15) is 0 Å². The van der Waals surface area contributed by atoms with E-state index >= 15 is 0 Å². The lowest BCUT2D eigenvalue weighted by atomic mass is 10.1. The minimum Gasteiger partial charge on any atom is -0.376 e. The van der Waals surface area contributed by atoms with Crippen LogP contribution >= 0.6 is 0 Å². The summed E-state index contributed by atoms with van der Waals surface area (Å²) in [6.07, 6.45) is 0.586. The molecule has 0 fully saturated rings. The van der Waals surface area contributed by atoms with Gasteiger partial charge in [0.15, 0.2) is 0 Å². The molecular weight excluding hydrogens is 328 g/mol. The van der Waals surface area contributed by atoms with E-state index < -0.39 is 0 Å². The molecule has 2 N–H and O–H groups in total. The summed E-state index contributed by atoms with van der Waals surface area (Å²) in [5.41, 5.74) is 2.79. The Labute approximate surface area is 153 Å². The van der Waals surface area contributed by atoms with Gasteiger partial charge in [-0.05, 0) is 36.2 Å². The third kappa shape index (κ3) is 5.35. The standard InChI is InChI=1S/C20H22N4O2/c1-24(2)19(25)14-23-18-12-15(13-21)8-9-16(18)10-11-22-20(26)17-6-4-3-5-7-17/h3-9,12,23H,10-11,14H2,1-2H3,(H,22,26). The maximum absolute atomic E-state index is 12.1. The molecule has 0 saturated carbocycles. The number of nitrogens with one attached hydrogen (secondary N) is 2. The first-order chi connectivity index (χ1) is 12.5. The second-order valence-corrected chi connectivity index (χ2v) is 6.00. The highest BCUT2D eigenvalue weighted by atomic mass is 16.2. The third-order valence-corrected chi connectivity index (χ3v) is 3.88. The number of carbonyl (C=O) groups is 2. The first-order valence-electron chi connectivity index (χ1n) is 8.31. The van der Waals surface area contributed by atoms with Crippen LogP contribution in [0, 0.1) is 11.3 Å². The Balaban J connectivity index is 2.00. The Morgan fingerprint density at radius 1 is 1.12 bits per heavy atom. The lowest BCUT2D eigenvalue weighted by molar-refractivity contribution is -0.126. The number of carbonyl (C=O) groups excluding carboxylic acids is 2. The minimum atomic E-state index is -0.128. The third-order valence-electron chi connectivity index (χ3n) is 3.88. The van der Waals surface area contributed by atoms with Crippen LogP contribution in [0.15, 0.2) is 48.5 Å². The van der Waals surface area contributed by atoms with Gasteiger partial charge >= 0.3 is 0 Å². The molecule has 0 aliphatic heterocycles. The van der Waals surface area contributed by atoms with E-state index in [4.69, 9.17) is 5.26 Å². The number of rotatable bonds is 7. The summed E-state index contributed by atoms with van der Waals surface area (Å²) in [4.78, 5) is 25.4. The van der Waals surface area contributed by atoms with Gasteiger partial charge in [0.2, 0.25) is 5.91 Å². The van der Waals surface area contributed by atoms with Crippen molar-refractivity contribution in [3.63, 3.8) is 0 Å². The van der Waals surface area contributed by atoms with Crippen molar-refractivity contribution in [3.8, 4) is 6.07 Å². The van der Waals surface area contributed by atoms with E-state index in [1.165, 1.54) is 4.90 Å². The molecule has 0 heterocycles. The van der Waals surface area contributed by atoms with Crippen LogP contribution in [0.25, 0.3) is 0 Å². The number of benzene rings is 2. The highest BCUT2D eigenvalue weighted by Crippen LogP contribution is 2.18. The Morgan fingerprint density at radius 3 is 2.50 bits per heavy atom. The Kier molecular flexibility index (Phi) is 6.75. The van der Waals surface area contributed by atoms with E-state index in [1.807, 2.05) is 24.3 Å². The molecular formula is C20H22N4O2. The summed E-state index contributed by atoms with van der Waals surface area (Å²) in [6.45, 7) is 0.598. The molecule has 0 saturated heterocycles. The van der Waals surface area contributed by atoms with Gasteiger partial charge < -0.3 is 15.5 Å². The van der Waals surface area contributed by atoms with Crippen LogP contribution in [-0.4, -0.2) is 43.9 Å². The zero-order valence-corrected chi connectivity index (χ0v) is 15.0. The Morgan fingerprint density at radius 2 is 1.85 bits per heavy atom. The fourth-order valence-electron chi connectivity index (χ4n) is 2.36. The molecule has 6 nitrogen and oxygen atoms in total. The topological polar surface area (TPSA) is 85.2 Å². The molecule has 0 unspecified atom stereocenters. The molecule has 0 atom stereocenters. The molecule has 0 bridgehead atoms. The van der Waals surface area contributed by atoms with Crippen molar-refractivity contribution < 1.29 is 9.59 Å². The molecule has 26 heavy (non-hydrogen) atoms. The first kappa shape index (κ1) is 19.0. The summed E-state index contributed by atoms with van der Waals surface area (Å²) < 4.78 is 0. The fourth-order valence-corrected chi connectivity index (χ4v) is 2.36. The monoisotopic (exact) mass is 350 g/mol. The molecule has 134 valence electrons. The van der Waals surface area contributed by atoms with Crippen LogP contribution in [0.3, 0.4) is 0 Å². The molecule has 2 aromatic rings. The quantitative estimate of drug-likeness (QED) is 0.800. The zero-order valence-electron chi connectivity index (χ0n) is 15.0. The van der Waals surface area contributed by atoms with Crippen LogP contribution < -0.4 is 10.6 Å². The molecule has 0 aromatic heterocycles. The average molecular weight is 350 g/mol. The van der Waals surface area contributed by atoms with Crippen molar-refractivity contribution in [1.29, 1.82) is 5.26 Å². The Bertz CT molecular complexity index is 810. The fraction of sp³-hybridized carbons (Fsp3) is 0.250. The largest absolute Gasteiger partial charge is 0.376 e. The summed E-state index contributed by atoms with van der Waals surface area (Å²) in [5, 5.41) is 15.0. The van der Waals surface area contributed by atoms with E-state index in [9.17, 15) is 9.59 Å². The summed E-state index contributed by atoms with van der Waals surface area (Å²) in [6, 6.07) is 16.4. The number of amides is 2. The first-order valence-corrected chi connectivity index (χ1v) is 8.31. The highest BCUT2D eigenvalue weighted by molar-refractivity contribution is 5.94. The molecule has 2 amide bonds. The van der Waals surface area contributed by atoms with Gasteiger partial charge in [-0.25, -0.2) is 0 Å². The maximum atomic E-state index is 12.1. The van der Waals surface area contributed by atoms with Gasteiger partial charge in [0.25, 0.3) is 5.91 Å². The average Bonchev–Trinajstić information content (AvgIpc) is 2.67. The summed E-state index contributed by atoms with van der Waals surface area (Å²) in [7, 11) is 3.38. The summed E-state index contributed by atoms with van der Waals surface area (Å²) >= 11 is 0. The van der Waals surface area contributed by atoms with Crippen LogP contribution in [0.1, 0.15) is 21.5 Å². The molecule has 0 radical (unpaired) electrons. The number of nitrogens with zero attached hydrogens (tertiary/aromatic N) is 2. The molecule has 0 aliphatic rings. The predicted molar refractivity (Wildman–Crippen MR) is 101 cm³/mol. The lowest BCUT2D eigenvalue weighted by Crippen LogP contribution is -2.29. The zero-order chi connectivity index (χ0) is 18.9. The van der Waals surface area contributed by atoms with Crippen LogP contribution in [-0.2, 0) is 11.2 Å². The molecule has 2 rings (SSSR count). The van der Waals surface area contributed by atoms with Gasteiger partial charge in [-0.2, -0.15) is 5.26 Å². The Hall–Kier alpha value is -3.33. The van der Waals surface area contributed by atoms with Crippen molar-refractivity contribution in [2.75, 3.05) is 32.5 Å². The van der Waals surface area contributed by atoms with Crippen LogP contribution in [0.5, 0.6) is 0 Å². The summed E-state index contributed by atoms with van der Waals surface area (Å²) in [5.74, 6) is -0.188. The maximum Gasteiger partial charge on any atom is 0.251 e. The van der Waals surface area contributed by atoms with E-state index in [1.54, 1.807) is 38.4 Å². The van der Waals surface area contributed by atoms with Crippen molar-refractivity contribution in [2.45, 2.75) is 6.42 Å². The second-order valence-electron chi connectivity index (χ2n) is 6.00. The number of likely N-dealkylation sites (N-methyl/N-ethyl adjacent to an activating group) is 1. The smallest absolute Gasteiger partial charge is 0.251 e. The van der Waals surface area contributed by atoms with Gasteiger partial charge in [-0.15, -0.1) is 0 Å². The molecule has 0 spiro atoms. The second kappa shape index (κ2) is 9.23. The van der Waals surface area contributed by atoms with Gasteiger partial charge in [-0.3, -0.25) is 9.59 Å². The molecule has 0 aliphatic carbocycles. The van der Waals surface area contributed by atoms with Crippen molar-refractivity contribution >= 4 is 17.5 Å². The van der Waals surface area contributed by atoms with Gasteiger partial charge in [-0.1, -0.05) is 24.3 Å². The molecule has 6 heteroatoms. The van der Waals surface area contributed by atoms with E-state index in [0.717, 1.165) is 11.3 Å². The lowest BCUT2D eigenvalue weighted by Gasteiger charge is -2.15. The van der Waals surface area contributed by atoms with Crippen LogP contribution in [0.4, 0.5) is 5.69 Å².